The Hall–Kier alpha value is -2.38. The average Bonchev–Trinajstić information content (AvgIpc) is 3.10. The molecule has 1 aliphatic heterocycles. The first-order valence-electron chi connectivity index (χ1n) is 7.82. The first kappa shape index (κ1) is 17.1. The van der Waals surface area contributed by atoms with Crippen LogP contribution in [0.3, 0.4) is 0 Å². The number of epoxide rings is 1. The predicted octanol–water partition coefficient (Wildman–Crippen LogP) is 4.62. The van der Waals surface area contributed by atoms with Crippen molar-refractivity contribution in [3.05, 3.63) is 82.9 Å². The number of rotatable bonds is 4. The second kappa shape index (κ2) is 6.10. The topological polar surface area (TPSA) is 43.2 Å². The Bertz CT molecular complexity index is 912. The molecule has 3 aromatic rings. The highest BCUT2D eigenvalue weighted by atomic mass is 35.5. The van der Waals surface area contributed by atoms with Gasteiger partial charge in [-0.1, -0.05) is 35.9 Å². The van der Waals surface area contributed by atoms with E-state index in [0.717, 1.165) is 17.7 Å². The van der Waals surface area contributed by atoms with Gasteiger partial charge < -0.3 is 4.74 Å². The maximum atomic E-state index is 13.0. The van der Waals surface area contributed by atoms with Crippen molar-refractivity contribution in [2.75, 3.05) is 0 Å². The summed E-state index contributed by atoms with van der Waals surface area (Å²) in [5, 5.41) is 4.66. The van der Waals surface area contributed by atoms with Gasteiger partial charge in [0.25, 0.3) is 0 Å². The quantitative estimate of drug-likeness (QED) is 0.621. The molecule has 26 heavy (non-hydrogen) atoms. The molecular formula is C18H13ClF3N3O. The van der Waals surface area contributed by atoms with Crippen molar-refractivity contribution in [1.29, 1.82) is 0 Å². The lowest BCUT2D eigenvalue weighted by Gasteiger charge is -2.14. The molecule has 0 saturated carbocycles. The fourth-order valence-corrected chi connectivity index (χ4v) is 3.24. The van der Waals surface area contributed by atoms with Crippen LogP contribution in [0.1, 0.15) is 22.8 Å². The van der Waals surface area contributed by atoms with Crippen LogP contribution in [0, 0.1) is 0 Å². The van der Waals surface area contributed by atoms with E-state index >= 15 is 0 Å². The van der Waals surface area contributed by atoms with Gasteiger partial charge in [-0.3, -0.25) is 0 Å². The van der Waals surface area contributed by atoms with Crippen molar-refractivity contribution in [2.24, 2.45) is 0 Å². The van der Waals surface area contributed by atoms with E-state index < -0.39 is 23.4 Å². The summed E-state index contributed by atoms with van der Waals surface area (Å²) >= 11 is 5.96. The Kier molecular flexibility index (Phi) is 4.00. The van der Waals surface area contributed by atoms with Crippen LogP contribution < -0.4 is 0 Å². The van der Waals surface area contributed by atoms with Crippen molar-refractivity contribution in [2.45, 2.75) is 24.4 Å². The van der Waals surface area contributed by atoms with Crippen LogP contribution in [-0.2, 0) is 23.1 Å². The standard InChI is InChI=1S/C18H13ClF3N3O/c19-15-6-4-13(5-7-15)17(9-25-11-23-10-24-25)16(26-17)12-2-1-3-14(8-12)18(20,21)22/h1-8,10-11,16H,9H2. The smallest absolute Gasteiger partial charge is 0.354 e. The third-order valence-electron chi connectivity index (χ3n) is 4.41. The molecule has 0 aliphatic carbocycles. The molecule has 0 radical (unpaired) electrons. The van der Waals surface area contributed by atoms with E-state index in [1.807, 2.05) is 12.1 Å². The predicted molar refractivity (Wildman–Crippen MR) is 88.4 cm³/mol. The summed E-state index contributed by atoms with van der Waals surface area (Å²) in [6.07, 6.45) is -1.98. The number of alkyl halides is 3. The zero-order valence-electron chi connectivity index (χ0n) is 13.3. The SMILES string of the molecule is FC(F)(F)c1cccc(C2OC2(Cn2cncn2)c2ccc(Cl)cc2)c1. The van der Waals surface area contributed by atoms with Gasteiger partial charge >= 0.3 is 6.18 Å². The Morgan fingerprint density at radius 3 is 2.58 bits per heavy atom. The molecule has 1 saturated heterocycles. The lowest BCUT2D eigenvalue weighted by atomic mass is 9.91. The Morgan fingerprint density at radius 1 is 1.15 bits per heavy atom. The van der Waals surface area contributed by atoms with E-state index in [4.69, 9.17) is 16.3 Å². The Morgan fingerprint density at radius 2 is 1.92 bits per heavy atom. The summed E-state index contributed by atoms with van der Waals surface area (Å²) in [7, 11) is 0. The molecule has 4 nitrogen and oxygen atoms in total. The fraction of sp³-hybridized carbons (Fsp3) is 0.222. The zero-order chi connectivity index (χ0) is 18.4. The van der Waals surface area contributed by atoms with Gasteiger partial charge in [-0.15, -0.1) is 0 Å². The molecule has 134 valence electrons. The van der Waals surface area contributed by atoms with Gasteiger partial charge in [-0.25, -0.2) is 9.67 Å². The second-order valence-electron chi connectivity index (χ2n) is 6.11. The molecule has 8 heteroatoms. The van der Waals surface area contributed by atoms with E-state index in [-0.39, 0.29) is 0 Å². The molecule has 1 aliphatic rings. The van der Waals surface area contributed by atoms with Crippen LogP contribution in [0.2, 0.25) is 5.02 Å². The van der Waals surface area contributed by atoms with Crippen molar-refractivity contribution in [1.82, 2.24) is 14.8 Å². The minimum atomic E-state index is -4.40. The summed E-state index contributed by atoms with van der Waals surface area (Å²) in [5.41, 5.74) is -0.228. The number of benzene rings is 2. The van der Waals surface area contributed by atoms with Gasteiger partial charge in [0.05, 0.1) is 12.1 Å². The maximum Gasteiger partial charge on any atom is 0.416 e. The van der Waals surface area contributed by atoms with Gasteiger partial charge in [0.15, 0.2) is 0 Å². The number of hydrogen-bond donors (Lipinski definition) is 0. The largest absolute Gasteiger partial charge is 0.416 e. The van der Waals surface area contributed by atoms with Crippen molar-refractivity contribution in [3.63, 3.8) is 0 Å². The molecule has 0 bridgehead atoms. The molecule has 2 aromatic carbocycles. The zero-order valence-corrected chi connectivity index (χ0v) is 14.1. The Balaban J connectivity index is 1.72. The first-order valence-corrected chi connectivity index (χ1v) is 8.20. The van der Waals surface area contributed by atoms with Crippen LogP contribution in [0.15, 0.2) is 61.2 Å². The van der Waals surface area contributed by atoms with Crippen molar-refractivity contribution < 1.29 is 17.9 Å². The third kappa shape index (κ3) is 3.08. The van der Waals surface area contributed by atoms with Gasteiger partial charge in [0.2, 0.25) is 0 Å². The molecule has 2 unspecified atom stereocenters. The van der Waals surface area contributed by atoms with Gasteiger partial charge in [0.1, 0.15) is 24.4 Å². The van der Waals surface area contributed by atoms with Crippen molar-refractivity contribution >= 4 is 11.6 Å². The summed E-state index contributed by atoms with van der Waals surface area (Å²) < 4.78 is 46.7. The highest BCUT2D eigenvalue weighted by Crippen LogP contribution is 2.58. The monoisotopic (exact) mass is 379 g/mol. The molecule has 1 fully saturated rings. The highest BCUT2D eigenvalue weighted by Gasteiger charge is 2.59. The highest BCUT2D eigenvalue weighted by molar-refractivity contribution is 6.30. The molecule has 2 heterocycles. The number of aromatic nitrogens is 3. The summed E-state index contributed by atoms with van der Waals surface area (Å²) in [6.45, 7) is 0.329. The summed E-state index contributed by atoms with van der Waals surface area (Å²) in [6, 6.07) is 12.3. The molecular weight excluding hydrogens is 367 g/mol. The van der Waals surface area contributed by atoms with Gasteiger partial charge in [-0.05, 0) is 35.4 Å². The fourth-order valence-electron chi connectivity index (χ4n) is 3.11. The van der Waals surface area contributed by atoms with Crippen LogP contribution in [0.5, 0.6) is 0 Å². The van der Waals surface area contributed by atoms with E-state index in [0.29, 0.717) is 17.1 Å². The van der Waals surface area contributed by atoms with Crippen LogP contribution >= 0.6 is 11.6 Å². The van der Waals surface area contributed by atoms with E-state index in [2.05, 4.69) is 10.1 Å². The molecule has 2 atom stereocenters. The molecule has 4 rings (SSSR count). The maximum absolute atomic E-state index is 13.0. The third-order valence-corrected chi connectivity index (χ3v) is 4.66. The summed E-state index contributed by atoms with van der Waals surface area (Å²) in [4.78, 5) is 3.91. The minimum Gasteiger partial charge on any atom is -0.354 e. The molecule has 0 N–H and O–H groups in total. The van der Waals surface area contributed by atoms with Crippen LogP contribution in [-0.4, -0.2) is 14.8 Å². The van der Waals surface area contributed by atoms with E-state index in [9.17, 15) is 13.2 Å². The number of halogens is 4. The van der Waals surface area contributed by atoms with Gasteiger partial charge in [-0.2, -0.15) is 18.3 Å². The van der Waals surface area contributed by atoms with E-state index in [1.54, 1.807) is 29.2 Å². The lowest BCUT2D eigenvalue weighted by Crippen LogP contribution is -2.19. The molecule has 0 spiro atoms. The van der Waals surface area contributed by atoms with Crippen LogP contribution in [0.25, 0.3) is 0 Å². The van der Waals surface area contributed by atoms with Crippen molar-refractivity contribution in [3.8, 4) is 0 Å². The second-order valence-corrected chi connectivity index (χ2v) is 6.55. The van der Waals surface area contributed by atoms with Crippen LogP contribution in [0.4, 0.5) is 13.2 Å². The minimum absolute atomic E-state index is 0.329. The number of nitrogens with zero attached hydrogens (tertiary/aromatic N) is 3. The lowest BCUT2D eigenvalue weighted by molar-refractivity contribution is -0.137. The average molecular weight is 380 g/mol. The molecule has 0 amide bonds. The van der Waals surface area contributed by atoms with Gasteiger partial charge in [0, 0.05) is 5.02 Å². The van der Waals surface area contributed by atoms with E-state index in [1.165, 1.54) is 12.4 Å². The molecule has 1 aromatic heterocycles. The first-order chi connectivity index (χ1) is 12.4. The normalized spacial score (nSPS) is 22.4. The number of hydrogen-bond acceptors (Lipinski definition) is 3. The summed E-state index contributed by atoms with van der Waals surface area (Å²) in [5.74, 6) is 0. The number of ether oxygens (including phenoxy) is 1. The Labute approximate surface area is 152 Å².